The molecule has 0 bridgehead atoms. The maximum atomic E-state index is 4.89. The molecule has 3 aromatic carbocycles. The Bertz CT molecular complexity index is 1440. The van der Waals surface area contributed by atoms with Gasteiger partial charge in [-0.1, -0.05) is 106 Å². The van der Waals surface area contributed by atoms with Crippen LogP contribution < -0.4 is 15.3 Å². The first kappa shape index (κ1) is 26.1. The van der Waals surface area contributed by atoms with Crippen molar-refractivity contribution in [2.45, 2.75) is 52.6 Å². The van der Waals surface area contributed by atoms with E-state index >= 15 is 0 Å². The van der Waals surface area contributed by atoms with Crippen molar-refractivity contribution in [3.8, 4) is 17.1 Å². The number of nitrogens with zero attached hydrogens (tertiary/aromatic N) is 4. The van der Waals surface area contributed by atoms with Gasteiger partial charge in [0, 0.05) is 43.1 Å². The monoisotopic (exact) mass is 520 g/mol. The van der Waals surface area contributed by atoms with Crippen LogP contribution in [-0.4, -0.2) is 36.2 Å². The first-order chi connectivity index (χ1) is 18.2. The second-order valence-electron chi connectivity index (χ2n) is 11.6. The molecule has 196 valence electrons. The highest BCUT2D eigenvalue weighted by atomic mass is 28.3. The van der Waals surface area contributed by atoms with E-state index in [2.05, 4.69) is 148 Å². The summed E-state index contributed by atoms with van der Waals surface area (Å²) in [7, 11) is 0.155. The summed E-state index contributed by atoms with van der Waals surface area (Å²) in [4.78, 5) is 9.40. The fourth-order valence-electron chi connectivity index (χ4n) is 5.47. The van der Waals surface area contributed by atoms with Gasteiger partial charge in [0.05, 0.1) is 12.4 Å². The molecule has 0 spiro atoms. The van der Waals surface area contributed by atoms with E-state index in [-0.39, 0.29) is 0 Å². The first-order valence-corrected chi connectivity index (χ1v) is 16.7. The number of hydrogen-bond donors (Lipinski definition) is 0. The zero-order chi connectivity index (χ0) is 27.0. The van der Waals surface area contributed by atoms with Crippen molar-refractivity contribution in [3.63, 3.8) is 0 Å². The van der Waals surface area contributed by atoms with Crippen LogP contribution in [0.1, 0.15) is 50.7 Å². The van der Waals surface area contributed by atoms with Crippen molar-refractivity contribution in [3.05, 3.63) is 103 Å². The number of anilines is 1. The summed E-state index contributed by atoms with van der Waals surface area (Å²) in [5, 5.41) is 2.85. The summed E-state index contributed by atoms with van der Waals surface area (Å²) < 4.78 is 2.31. The van der Waals surface area contributed by atoms with Gasteiger partial charge >= 0.3 is 0 Å². The zero-order valence-electron chi connectivity index (χ0n) is 23.8. The lowest BCUT2D eigenvalue weighted by atomic mass is 9.92. The van der Waals surface area contributed by atoms with Crippen LogP contribution in [0.15, 0.2) is 91.5 Å². The Hall–Kier alpha value is -3.57. The molecule has 0 saturated carbocycles. The van der Waals surface area contributed by atoms with Crippen LogP contribution in [0.5, 0.6) is 0 Å². The summed E-state index contributed by atoms with van der Waals surface area (Å²) >= 11 is 0. The Morgan fingerprint density at radius 2 is 1.42 bits per heavy atom. The van der Waals surface area contributed by atoms with E-state index in [4.69, 9.17) is 4.98 Å². The largest absolute Gasteiger partial charge is 0.361 e. The normalized spacial score (nSPS) is 13.8. The van der Waals surface area contributed by atoms with E-state index in [0.29, 0.717) is 11.8 Å². The number of hydrogen-bond acceptors (Lipinski definition) is 3. The first-order valence-electron chi connectivity index (χ1n) is 13.7. The standard InChI is InChI=1S/C33H40N4Si/c1-24(2)30-15-10-16-31(25(3)4)32(30)37-18-17-34-33(37)26-11-8-13-28(21-26)38(6,7)29-14-9-12-27(22-29)36-20-19-35(5)23-36/h8-22,24-25H,23H2,1-7H3. The van der Waals surface area contributed by atoms with Gasteiger partial charge in [0.25, 0.3) is 0 Å². The van der Waals surface area contributed by atoms with E-state index in [1.54, 1.807) is 0 Å². The minimum atomic E-state index is -1.95. The van der Waals surface area contributed by atoms with Gasteiger partial charge in [0.2, 0.25) is 0 Å². The molecule has 2 heterocycles. The molecule has 0 aliphatic carbocycles. The highest BCUT2D eigenvalue weighted by Gasteiger charge is 2.28. The van der Waals surface area contributed by atoms with Crippen LogP contribution in [0, 0.1) is 0 Å². The molecule has 5 heteroatoms. The van der Waals surface area contributed by atoms with E-state index < -0.39 is 8.07 Å². The lowest BCUT2D eigenvalue weighted by Gasteiger charge is -2.27. The van der Waals surface area contributed by atoms with Crippen LogP contribution in [-0.2, 0) is 0 Å². The van der Waals surface area contributed by atoms with Gasteiger partial charge in [-0.3, -0.25) is 4.57 Å². The summed E-state index contributed by atoms with van der Waals surface area (Å²) in [6.07, 6.45) is 8.36. The molecule has 0 amide bonds. The zero-order valence-corrected chi connectivity index (χ0v) is 24.8. The third kappa shape index (κ3) is 4.83. The van der Waals surface area contributed by atoms with Gasteiger partial charge in [-0.15, -0.1) is 0 Å². The van der Waals surface area contributed by atoms with Crippen LogP contribution in [0.25, 0.3) is 17.1 Å². The third-order valence-electron chi connectivity index (χ3n) is 7.84. The van der Waals surface area contributed by atoms with Crippen molar-refractivity contribution in [1.82, 2.24) is 14.5 Å². The molecule has 1 aliphatic rings. The second kappa shape index (κ2) is 10.3. The summed E-state index contributed by atoms with van der Waals surface area (Å²) in [5.41, 5.74) is 6.42. The molecule has 0 saturated heterocycles. The molecule has 0 atom stereocenters. The molecule has 0 N–H and O–H groups in total. The number of imidazole rings is 1. The topological polar surface area (TPSA) is 24.3 Å². The van der Waals surface area contributed by atoms with Crippen LogP contribution >= 0.6 is 0 Å². The van der Waals surface area contributed by atoms with E-state index in [1.807, 2.05) is 6.20 Å². The van der Waals surface area contributed by atoms with Gasteiger partial charge in [-0.25, -0.2) is 4.98 Å². The maximum absolute atomic E-state index is 4.89. The average Bonchev–Trinajstić information content (AvgIpc) is 3.57. The van der Waals surface area contributed by atoms with E-state index in [9.17, 15) is 0 Å². The molecule has 0 fully saturated rings. The predicted octanol–water partition coefficient (Wildman–Crippen LogP) is 6.79. The Morgan fingerprint density at radius 3 is 2.05 bits per heavy atom. The molecule has 4 aromatic rings. The molecule has 4 nitrogen and oxygen atoms in total. The molecule has 5 rings (SSSR count). The number of para-hydroxylation sites is 1. The predicted molar refractivity (Wildman–Crippen MR) is 165 cm³/mol. The highest BCUT2D eigenvalue weighted by molar-refractivity contribution is 7.00. The van der Waals surface area contributed by atoms with Crippen LogP contribution in [0.3, 0.4) is 0 Å². The molecular formula is C33H40N4Si. The summed E-state index contributed by atoms with van der Waals surface area (Å²) in [6.45, 7) is 14.9. The quantitative estimate of drug-likeness (QED) is 0.251. The summed E-state index contributed by atoms with van der Waals surface area (Å²) in [5.74, 6) is 1.86. The second-order valence-corrected chi connectivity index (χ2v) is 16.0. The van der Waals surface area contributed by atoms with Gasteiger partial charge < -0.3 is 9.80 Å². The van der Waals surface area contributed by atoms with E-state index in [1.165, 1.54) is 38.4 Å². The van der Waals surface area contributed by atoms with Crippen molar-refractivity contribution >= 4 is 24.1 Å². The lowest BCUT2D eigenvalue weighted by molar-refractivity contribution is 0.496. The minimum Gasteiger partial charge on any atom is -0.361 e. The Labute approximate surface area is 229 Å². The van der Waals surface area contributed by atoms with Crippen LogP contribution in [0.2, 0.25) is 13.1 Å². The van der Waals surface area contributed by atoms with Crippen molar-refractivity contribution < 1.29 is 0 Å². The van der Waals surface area contributed by atoms with Crippen molar-refractivity contribution in [2.75, 3.05) is 18.6 Å². The highest BCUT2D eigenvalue weighted by Crippen LogP contribution is 2.33. The Balaban J connectivity index is 1.56. The minimum absolute atomic E-state index is 0.425. The average molecular weight is 521 g/mol. The Morgan fingerprint density at radius 1 is 0.789 bits per heavy atom. The maximum Gasteiger partial charge on any atom is 0.144 e. The molecule has 0 radical (unpaired) electrons. The van der Waals surface area contributed by atoms with Gasteiger partial charge in [-0.05, 0) is 35.1 Å². The van der Waals surface area contributed by atoms with Gasteiger partial charge in [0.1, 0.15) is 13.9 Å². The third-order valence-corrected chi connectivity index (χ3v) is 11.4. The number of aromatic nitrogens is 2. The summed E-state index contributed by atoms with van der Waals surface area (Å²) in [6, 6.07) is 24.9. The molecular weight excluding hydrogens is 480 g/mol. The Kier molecular flexibility index (Phi) is 7.06. The van der Waals surface area contributed by atoms with Gasteiger partial charge in [0.15, 0.2) is 0 Å². The molecule has 38 heavy (non-hydrogen) atoms. The SMILES string of the molecule is CC(C)c1cccc(C(C)C)c1-n1ccnc1-c1cccc([Si](C)(C)c2cccc(N3C=CN(C)C3)c2)c1. The smallest absolute Gasteiger partial charge is 0.144 e. The number of benzene rings is 3. The van der Waals surface area contributed by atoms with E-state index in [0.717, 1.165) is 12.5 Å². The van der Waals surface area contributed by atoms with Crippen LogP contribution in [0.4, 0.5) is 5.69 Å². The fourth-order valence-corrected chi connectivity index (χ4v) is 7.86. The van der Waals surface area contributed by atoms with Crippen molar-refractivity contribution in [1.29, 1.82) is 0 Å². The number of rotatable bonds is 7. The molecule has 1 aromatic heterocycles. The molecule has 1 aliphatic heterocycles. The van der Waals surface area contributed by atoms with Crippen molar-refractivity contribution in [2.24, 2.45) is 0 Å². The van der Waals surface area contributed by atoms with Gasteiger partial charge in [-0.2, -0.15) is 0 Å². The lowest BCUT2D eigenvalue weighted by Crippen LogP contribution is -2.53. The fraction of sp³-hybridized carbons (Fsp3) is 0.303. The molecule has 0 unspecified atom stereocenters.